The fourth-order valence-corrected chi connectivity index (χ4v) is 1.57. The van der Waals surface area contributed by atoms with Crippen molar-refractivity contribution in [3.05, 3.63) is 60.2 Å². The zero-order valence-electron chi connectivity index (χ0n) is 9.26. The number of para-hydroxylation sites is 2. The van der Waals surface area contributed by atoms with Crippen LogP contribution in [-0.4, -0.2) is 0 Å². The minimum Gasteiger partial charge on any atom is -0.457 e. The van der Waals surface area contributed by atoms with E-state index >= 15 is 0 Å². The molecule has 16 heavy (non-hydrogen) atoms. The van der Waals surface area contributed by atoms with Gasteiger partial charge in [0.15, 0.2) is 0 Å². The molecule has 82 valence electrons. The van der Waals surface area contributed by atoms with Crippen molar-refractivity contribution in [2.75, 3.05) is 0 Å². The highest BCUT2D eigenvalue weighted by Crippen LogP contribution is 2.28. The monoisotopic (exact) mass is 213 g/mol. The van der Waals surface area contributed by atoms with Crippen LogP contribution < -0.4 is 10.5 Å². The molecule has 2 rings (SSSR count). The van der Waals surface area contributed by atoms with Gasteiger partial charge in [0.1, 0.15) is 11.5 Å². The summed E-state index contributed by atoms with van der Waals surface area (Å²) in [5.74, 6) is 1.65. The Morgan fingerprint density at radius 3 is 2.25 bits per heavy atom. The van der Waals surface area contributed by atoms with Crippen LogP contribution in [0.15, 0.2) is 54.6 Å². The predicted molar refractivity (Wildman–Crippen MR) is 65.6 cm³/mol. The van der Waals surface area contributed by atoms with Crippen LogP contribution in [0.25, 0.3) is 0 Å². The second-order valence-corrected chi connectivity index (χ2v) is 3.74. The molecule has 2 aromatic rings. The molecule has 2 N–H and O–H groups in total. The van der Waals surface area contributed by atoms with E-state index in [0.717, 1.165) is 17.1 Å². The van der Waals surface area contributed by atoms with E-state index < -0.39 is 0 Å². The third-order valence-corrected chi connectivity index (χ3v) is 2.38. The minimum atomic E-state index is -0.0279. The first-order chi connectivity index (χ1) is 7.77. The summed E-state index contributed by atoms with van der Waals surface area (Å²) >= 11 is 0. The summed E-state index contributed by atoms with van der Waals surface area (Å²) in [5, 5.41) is 0. The maximum Gasteiger partial charge on any atom is 0.132 e. The maximum atomic E-state index is 5.89. The average Bonchev–Trinajstić information content (AvgIpc) is 2.31. The lowest BCUT2D eigenvalue weighted by Gasteiger charge is -2.13. The standard InChI is InChI=1S/C14H15NO/c1-11(15)13-9-5-6-10-14(13)16-12-7-3-2-4-8-12/h2-11H,15H2,1H3. The fraction of sp³-hybridized carbons (Fsp3) is 0.143. The molecule has 0 amide bonds. The molecule has 0 fully saturated rings. The summed E-state index contributed by atoms with van der Waals surface area (Å²) in [7, 11) is 0. The van der Waals surface area contributed by atoms with Gasteiger partial charge in [0, 0.05) is 11.6 Å². The van der Waals surface area contributed by atoms with Gasteiger partial charge in [-0.1, -0.05) is 36.4 Å². The van der Waals surface area contributed by atoms with Gasteiger partial charge in [-0.2, -0.15) is 0 Å². The van der Waals surface area contributed by atoms with Crippen LogP contribution in [0.5, 0.6) is 11.5 Å². The molecule has 0 aromatic heterocycles. The van der Waals surface area contributed by atoms with E-state index in [9.17, 15) is 0 Å². The van der Waals surface area contributed by atoms with Gasteiger partial charge in [-0.3, -0.25) is 0 Å². The van der Waals surface area contributed by atoms with E-state index in [0.29, 0.717) is 0 Å². The van der Waals surface area contributed by atoms with Gasteiger partial charge in [-0.15, -0.1) is 0 Å². The highest BCUT2D eigenvalue weighted by molar-refractivity contribution is 5.39. The molecular formula is C14H15NO. The second-order valence-electron chi connectivity index (χ2n) is 3.74. The Morgan fingerprint density at radius 1 is 0.938 bits per heavy atom. The Labute approximate surface area is 95.7 Å². The lowest BCUT2D eigenvalue weighted by atomic mass is 10.1. The molecule has 0 heterocycles. The van der Waals surface area contributed by atoms with Crippen LogP contribution in [0.2, 0.25) is 0 Å². The topological polar surface area (TPSA) is 35.2 Å². The average molecular weight is 213 g/mol. The van der Waals surface area contributed by atoms with E-state index in [-0.39, 0.29) is 6.04 Å². The quantitative estimate of drug-likeness (QED) is 0.846. The SMILES string of the molecule is CC(N)c1ccccc1Oc1ccccc1. The molecule has 2 nitrogen and oxygen atoms in total. The number of ether oxygens (including phenoxy) is 1. The Hall–Kier alpha value is -1.80. The maximum absolute atomic E-state index is 5.89. The van der Waals surface area contributed by atoms with E-state index in [1.165, 1.54) is 0 Å². The van der Waals surface area contributed by atoms with E-state index in [1.54, 1.807) is 0 Å². The molecule has 0 saturated carbocycles. The number of hydrogen-bond donors (Lipinski definition) is 1. The molecule has 2 aromatic carbocycles. The molecule has 0 spiro atoms. The van der Waals surface area contributed by atoms with Crippen molar-refractivity contribution < 1.29 is 4.74 Å². The van der Waals surface area contributed by atoms with Crippen LogP contribution >= 0.6 is 0 Å². The van der Waals surface area contributed by atoms with Crippen molar-refractivity contribution in [1.29, 1.82) is 0 Å². The summed E-state index contributed by atoms with van der Waals surface area (Å²) in [6, 6.07) is 17.5. The second kappa shape index (κ2) is 4.81. The molecule has 1 atom stereocenters. The van der Waals surface area contributed by atoms with Crippen molar-refractivity contribution in [2.45, 2.75) is 13.0 Å². The normalized spacial score (nSPS) is 12.1. The van der Waals surface area contributed by atoms with Gasteiger partial charge >= 0.3 is 0 Å². The zero-order valence-corrected chi connectivity index (χ0v) is 9.26. The summed E-state index contributed by atoms with van der Waals surface area (Å²) in [6.45, 7) is 1.95. The summed E-state index contributed by atoms with van der Waals surface area (Å²) < 4.78 is 5.79. The van der Waals surface area contributed by atoms with Gasteiger partial charge in [-0.05, 0) is 25.1 Å². The van der Waals surface area contributed by atoms with Crippen molar-refractivity contribution in [1.82, 2.24) is 0 Å². The van der Waals surface area contributed by atoms with Crippen molar-refractivity contribution >= 4 is 0 Å². The Kier molecular flexibility index (Phi) is 3.22. The lowest BCUT2D eigenvalue weighted by molar-refractivity contribution is 0.472. The molecule has 0 radical (unpaired) electrons. The molecule has 0 aliphatic rings. The Morgan fingerprint density at radius 2 is 1.56 bits per heavy atom. The molecule has 0 aliphatic heterocycles. The van der Waals surface area contributed by atoms with Crippen LogP contribution in [0.3, 0.4) is 0 Å². The number of benzene rings is 2. The van der Waals surface area contributed by atoms with Gasteiger partial charge < -0.3 is 10.5 Å². The van der Waals surface area contributed by atoms with Crippen LogP contribution in [0, 0.1) is 0 Å². The lowest BCUT2D eigenvalue weighted by Crippen LogP contribution is -2.06. The molecule has 2 heteroatoms. The van der Waals surface area contributed by atoms with Gasteiger partial charge in [-0.25, -0.2) is 0 Å². The van der Waals surface area contributed by atoms with E-state index in [2.05, 4.69) is 0 Å². The molecule has 0 bridgehead atoms. The van der Waals surface area contributed by atoms with Crippen LogP contribution in [-0.2, 0) is 0 Å². The first-order valence-corrected chi connectivity index (χ1v) is 5.35. The minimum absolute atomic E-state index is 0.0279. The summed E-state index contributed by atoms with van der Waals surface area (Å²) in [6.07, 6.45) is 0. The predicted octanol–water partition coefficient (Wildman–Crippen LogP) is 3.50. The number of hydrogen-bond acceptors (Lipinski definition) is 2. The Balaban J connectivity index is 2.28. The summed E-state index contributed by atoms with van der Waals surface area (Å²) in [5.41, 5.74) is 6.91. The Bertz CT molecular complexity index is 451. The van der Waals surface area contributed by atoms with Gasteiger partial charge in [0.05, 0.1) is 0 Å². The third-order valence-electron chi connectivity index (χ3n) is 2.38. The first kappa shape index (κ1) is 10.7. The molecule has 1 unspecified atom stereocenters. The van der Waals surface area contributed by atoms with Crippen molar-refractivity contribution in [2.24, 2.45) is 5.73 Å². The van der Waals surface area contributed by atoms with Gasteiger partial charge in [0.2, 0.25) is 0 Å². The fourth-order valence-electron chi connectivity index (χ4n) is 1.57. The van der Waals surface area contributed by atoms with Crippen LogP contribution in [0.1, 0.15) is 18.5 Å². The van der Waals surface area contributed by atoms with Crippen molar-refractivity contribution in [3.63, 3.8) is 0 Å². The van der Waals surface area contributed by atoms with Crippen LogP contribution in [0.4, 0.5) is 0 Å². The zero-order chi connectivity index (χ0) is 11.4. The largest absolute Gasteiger partial charge is 0.457 e. The van der Waals surface area contributed by atoms with Gasteiger partial charge in [0.25, 0.3) is 0 Å². The summed E-state index contributed by atoms with van der Waals surface area (Å²) in [4.78, 5) is 0. The van der Waals surface area contributed by atoms with Crippen molar-refractivity contribution in [3.8, 4) is 11.5 Å². The molecular weight excluding hydrogens is 198 g/mol. The smallest absolute Gasteiger partial charge is 0.132 e. The third kappa shape index (κ3) is 2.41. The van der Waals surface area contributed by atoms with E-state index in [4.69, 9.17) is 10.5 Å². The highest BCUT2D eigenvalue weighted by Gasteiger charge is 2.07. The van der Waals surface area contributed by atoms with E-state index in [1.807, 2.05) is 61.5 Å². The highest BCUT2D eigenvalue weighted by atomic mass is 16.5. The number of rotatable bonds is 3. The number of nitrogens with two attached hydrogens (primary N) is 1. The molecule has 0 aliphatic carbocycles. The first-order valence-electron chi connectivity index (χ1n) is 5.35. The molecule has 0 saturated heterocycles.